The highest BCUT2D eigenvalue weighted by molar-refractivity contribution is 6.10. The summed E-state index contributed by atoms with van der Waals surface area (Å²) < 4.78 is 2.41. The van der Waals surface area contributed by atoms with E-state index in [1.807, 2.05) is 0 Å². The molecule has 0 saturated heterocycles. The molecule has 0 aliphatic rings. The third-order valence-corrected chi connectivity index (χ3v) is 10.6. The van der Waals surface area contributed by atoms with E-state index >= 15 is 0 Å². The molecule has 10 rings (SSSR count). The summed E-state index contributed by atoms with van der Waals surface area (Å²) in [6.45, 7) is 0. The largest absolute Gasteiger partial charge is 0.309 e. The molecule has 9 aromatic carbocycles. The SMILES string of the molecule is c1ccc(-c2ccccc2N(c2ccc(-c3cccc(-c4ccccc4-n4c5ccccc5c5ccccc54)c3)cc2)c2cccc3ccccc23)cc1. The molecule has 0 aliphatic carbocycles. The molecule has 54 heavy (non-hydrogen) atoms. The second-order valence-electron chi connectivity index (χ2n) is 13.7. The minimum atomic E-state index is 1.10. The van der Waals surface area contributed by atoms with Crippen molar-refractivity contribution in [3.8, 4) is 39.1 Å². The summed E-state index contributed by atoms with van der Waals surface area (Å²) in [6, 6.07) is 78.8. The summed E-state index contributed by atoms with van der Waals surface area (Å²) in [4.78, 5) is 2.41. The van der Waals surface area contributed by atoms with Crippen LogP contribution in [0.4, 0.5) is 17.1 Å². The number of nitrogens with zero attached hydrogens (tertiary/aromatic N) is 2. The average molecular weight is 689 g/mol. The molecule has 0 amide bonds. The number of rotatable bonds is 7. The fourth-order valence-corrected chi connectivity index (χ4v) is 8.11. The van der Waals surface area contributed by atoms with Crippen molar-refractivity contribution in [2.45, 2.75) is 0 Å². The Bertz CT molecular complexity index is 2880. The Hall–Kier alpha value is -7.16. The third kappa shape index (κ3) is 5.44. The molecule has 254 valence electrons. The Labute approximate surface area is 315 Å². The lowest BCUT2D eigenvalue weighted by molar-refractivity contribution is 1.18. The first-order valence-electron chi connectivity index (χ1n) is 18.5. The smallest absolute Gasteiger partial charge is 0.0541 e. The molecule has 0 saturated carbocycles. The van der Waals surface area contributed by atoms with Gasteiger partial charge in [-0.3, -0.25) is 0 Å². The lowest BCUT2D eigenvalue weighted by Crippen LogP contribution is -2.11. The Kier molecular flexibility index (Phi) is 7.85. The van der Waals surface area contributed by atoms with Crippen molar-refractivity contribution in [1.82, 2.24) is 4.57 Å². The molecular formula is C52H36N2. The Morgan fingerprint density at radius 2 is 0.852 bits per heavy atom. The Balaban J connectivity index is 1.08. The van der Waals surface area contributed by atoms with Crippen LogP contribution in [-0.2, 0) is 0 Å². The molecule has 0 N–H and O–H groups in total. The van der Waals surface area contributed by atoms with E-state index in [4.69, 9.17) is 0 Å². The first kappa shape index (κ1) is 31.6. The normalized spacial score (nSPS) is 11.3. The van der Waals surface area contributed by atoms with Crippen LogP contribution in [0.5, 0.6) is 0 Å². The highest BCUT2D eigenvalue weighted by atomic mass is 15.1. The quantitative estimate of drug-likeness (QED) is 0.162. The molecule has 2 nitrogen and oxygen atoms in total. The minimum absolute atomic E-state index is 1.10. The lowest BCUT2D eigenvalue weighted by Gasteiger charge is -2.29. The summed E-state index contributed by atoms with van der Waals surface area (Å²) in [6.07, 6.45) is 0. The molecular weight excluding hydrogens is 653 g/mol. The van der Waals surface area contributed by atoms with Gasteiger partial charge in [0.2, 0.25) is 0 Å². The highest BCUT2D eigenvalue weighted by Gasteiger charge is 2.20. The van der Waals surface area contributed by atoms with E-state index in [0.29, 0.717) is 0 Å². The van der Waals surface area contributed by atoms with Gasteiger partial charge in [0, 0.05) is 33.0 Å². The van der Waals surface area contributed by atoms with E-state index in [9.17, 15) is 0 Å². The number of aromatic nitrogens is 1. The van der Waals surface area contributed by atoms with E-state index in [2.05, 4.69) is 228 Å². The third-order valence-electron chi connectivity index (χ3n) is 10.6. The van der Waals surface area contributed by atoms with Gasteiger partial charge >= 0.3 is 0 Å². The second kappa shape index (κ2) is 13.4. The summed E-state index contributed by atoms with van der Waals surface area (Å²) >= 11 is 0. The monoisotopic (exact) mass is 688 g/mol. The summed E-state index contributed by atoms with van der Waals surface area (Å²) in [5.41, 5.74) is 14.1. The van der Waals surface area contributed by atoms with E-state index in [-0.39, 0.29) is 0 Å². The molecule has 10 aromatic rings. The number of fused-ring (bicyclic) bond motifs is 4. The summed E-state index contributed by atoms with van der Waals surface area (Å²) in [5, 5.41) is 4.95. The zero-order chi connectivity index (χ0) is 35.8. The van der Waals surface area contributed by atoms with Gasteiger partial charge in [-0.25, -0.2) is 0 Å². The van der Waals surface area contributed by atoms with Crippen LogP contribution in [-0.4, -0.2) is 4.57 Å². The van der Waals surface area contributed by atoms with E-state index in [0.717, 1.165) is 17.1 Å². The van der Waals surface area contributed by atoms with Crippen molar-refractivity contribution in [3.05, 3.63) is 218 Å². The first-order chi connectivity index (χ1) is 26.8. The maximum absolute atomic E-state index is 2.41. The van der Waals surface area contributed by atoms with Gasteiger partial charge in [-0.15, -0.1) is 0 Å². The van der Waals surface area contributed by atoms with E-state index in [1.54, 1.807) is 0 Å². The van der Waals surface area contributed by atoms with Gasteiger partial charge in [0.05, 0.1) is 28.1 Å². The summed E-state index contributed by atoms with van der Waals surface area (Å²) in [7, 11) is 0. The molecule has 0 atom stereocenters. The van der Waals surface area contributed by atoms with Gasteiger partial charge in [0.1, 0.15) is 0 Å². The number of para-hydroxylation sites is 4. The summed E-state index contributed by atoms with van der Waals surface area (Å²) in [5.74, 6) is 0. The van der Waals surface area contributed by atoms with Gasteiger partial charge in [0.25, 0.3) is 0 Å². The molecule has 0 unspecified atom stereocenters. The number of benzene rings is 9. The average Bonchev–Trinajstić information content (AvgIpc) is 3.59. The predicted octanol–water partition coefficient (Wildman–Crippen LogP) is 14.4. The Morgan fingerprint density at radius 3 is 1.63 bits per heavy atom. The lowest BCUT2D eigenvalue weighted by atomic mass is 9.97. The van der Waals surface area contributed by atoms with Crippen LogP contribution < -0.4 is 4.90 Å². The van der Waals surface area contributed by atoms with Crippen LogP contribution in [0.1, 0.15) is 0 Å². The maximum Gasteiger partial charge on any atom is 0.0541 e. The van der Waals surface area contributed by atoms with Gasteiger partial charge in [-0.2, -0.15) is 0 Å². The fourth-order valence-electron chi connectivity index (χ4n) is 8.11. The standard InChI is InChI=1S/C52H36N2/c1-2-16-38(17-3-1)43-23-6-10-27-48(43)53(49-31-15-19-39-18-4-5-22-44(39)49)42-34-32-37(33-35-42)40-20-14-21-41(36-40)45-24-7-11-28-50(45)54-51-29-12-8-25-46(51)47-26-9-13-30-52(47)54/h1-36H. The van der Waals surface area contributed by atoms with E-state index in [1.165, 1.54) is 71.6 Å². The maximum atomic E-state index is 2.41. The van der Waals surface area contributed by atoms with Crippen molar-refractivity contribution in [2.75, 3.05) is 4.90 Å². The minimum Gasteiger partial charge on any atom is -0.309 e. The molecule has 1 heterocycles. The van der Waals surface area contributed by atoms with Crippen LogP contribution >= 0.6 is 0 Å². The van der Waals surface area contributed by atoms with Crippen molar-refractivity contribution in [2.24, 2.45) is 0 Å². The Morgan fingerprint density at radius 1 is 0.315 bits per heavy atom. The molecule has 0 fully saturated rings. The molecule has 0 spiro atoms. The number of hydrogen-bond acceptors (Lipinski definition) is 1. The topological polar surface area (TPSA) is 8.17 Å². The van der Waals surface area contributed by atoms with Crippen LogP contribution in [0.25, 0.3) is 71.6 Å². The fraction of sp³-hybridized carbons (Fsp3) is 0. The van der Waals surface area contributed by atoms with Crippen LogP contribution in [0.2, 0.25) is 0 Å². The first-order valence-corrected chi connectivity index (χ1v) is 18.5. The molecule has 1 aromatic heterocycles. The van der Waals surface area contributed by atoms with Crippen molar-refractivity contribution in [1.29, 1.82) is 0 Å². The molecule has 2 heteroatoms. The molecule has 0 radical (unpaired) electrons. The van der Waals surface area contributed by atoms with Gasteiger partial charge in [-0.1, -0.05) is 170 Å². The molecule has 0 bridgehead atoms. The highest BCUT2D eigenvalue weighted by Crippen LogP contribution is 2.44. The zero-order valence-corrected chi connectivity index (χ0v) is 29.7. The van der Waals surface area contributed by atoms with Crippen molar-refractivity contribution in [3.63, 3.8) is 0 Å². The van der Waals surface area contributed by atoms with Crippen molar-refractivity contribution >= 4 is 49.6 Å². The zero-order valence-electron chi connectivity index (χ0n) is 29.7. The van der Waals surface area contributed by atoms with Gasteiger partial charge in [-0.05, 0) is 76.2 Å². The second-order valence-corrected chi connectivity index (χ2v) is 13.7. The number of anilines is 3. The van der Waals surface area contributed by atoms with Crippen LogP contribution in [0.15, 0.2) is 218 Å². The van der Waals surface area contributed by atoms with Gasteiger partial charge in [0.15, 0.2) is 0 Å². The predicted molar refractivity (Wildman–Crippen MR) is 229 cm³/mol. The van der Waals surface area contributed by atoms with Crippen LogP contribution in [0.3, 0.4) is 0 Å². The van der Waals surface area contributed by atoms with E-state index < -0.39 is 0 Å². The van der Waals surface area contributed by atoms with Crippen molar-refractivity contribution < 1.29 is 0 Å². The number of hydrogen-bond donors (Lipinski definition) is 0. The van der Waals surface area contributed by atoms with Crippen LogP contribution in [0, 0.1) is 0 Å². The molecule has 0 aliphatic heterocycles. The van der Waals surface area contributed by atoms with Gasteiger partial charge < -0.3 is 9.47 Å².